The van der Waals surface area contributed by atoms with Crippen LogP contribution >= 0.6 is 15.9 Å². The van der Waals surface area contributed by atoms with Crippen LogP contribution in [-0.2, 0) is 0 Å². The van der Waals surface area contributed by atoms with Crippen LogP contribution < -0.4 is 10.2 Å². The number of halogens is 1. The number of hydrogen-bond donors (Lipinski definition) is 1. The number of nitrogens with zero attached hydrogens (tertiary/aromatic N) is 2. The third-order valence-electron chi connectivity index (χ3n) is 4.59. The monoisotopic (exact) mass is 443 g/mol. The summed E-state index contributed by atoms with van der Waals surface area (Å²) in [6, 6.07) is 14.3. The maximum atomic E-state index is 12.3. The predicted molar refractivity (Wildman–Crippen MR) is 108 cm³/mol. The summed E-state index contributed by atoms with van der Waals surface area (Å²) in [6.07, 6.45) is 1.51. The van der Waals surface area contributed by atoms with Crippen molar-refractivity contribution in [3.8, 4) is 0 Å². The summed E-state index contributed by atoms with van der Waals surface area (Å²) >= 11 is 3.18. The van der Waals surface area contributed by atoms with E-state index in [4.69, 9.17) is 8.83 Å². The minimum absolute atomic E-state index is 0.0766. The van der Waals surface area contributed by atoms with Gasteiger partial charge in [0.2, 0.25) is 0 Å². The Morgan fingerprint density at radius 3 is 2.29 bits per heavy atom. The average Bonchev–Trinajstić information content (AvgIpc) is 3.40. The molecule has 1 saturated heterocycles. The molecule has 144 valence electrons. The molecule has 28 heavy (non-hydrogen) atoms. The van der Waals surface area contributed by atoms with Gasteiger partial charge in [-0.3, -0.25) is 9.59 Å². The summed E-state index contributed by atoms with van der Waals surface area (Å²) in [6.45, 7) is 2.73. The Balaban J connectivity index is 1.33. The number of carbonyl (C=O) groups excluding carboxylic acids is 2. The highest BCUT2D eigenvalue weighted by atomic mass is 79.9. The predicted octanol–water partition coefficient (Wildman–Crippen LogP) is 3.85. The zero-order valence-electron chi connectivity index (χ0n) is 14.9. The number of anilines is 2. The van der Waals surface area contributed by atoms with Crippen LogP contribution in [0.15, 0.2) is 68.3 Å². The van der Waals surface area contributed by atoms with Crippen LogP contribution in [0.2, 0.25) is 0 Å². The molecular weight excluding hydrogens is 426 g/mol. The Hall–Kier alpha value is -3.00. The van der Waals surface area contributed by atoms with Crippen LogP contribution in [0.3, 0.4) is 0 Å². The van der Waals surface area contributed by atoms with Gasteiger partial charge >= 0.3 is 0 Å². The number of furan rings is 2. The van der Waals surface area contributed by atoms with Gasteiger partial charge in [0.25, 0.3) is 11.8 Å². The number of benzene rings is 1. The second-order valence-electron chi connectivity index (χ2n) is 6.36. The second kappa shape index (κ2) is 7.93. The number of carbonyl (C=O) groups is 2. The molecule has 0 atom stereocenters. The third-order valence-corrected chi connectivity index (χ3v) is 5.01. The highest BCUT2D eigenvalue weighted by Gasteiger charge is 2.23. The number of amides is 2. The van der Waals surface area contributed by atoms with E-state index in [0.29, 0.717) is 29.2 Å². The molecule has 2 amide bonds. The standard InChI is InChI=1S/C20H18BrN3O4/c21-18-8-7-16(28-18)19(25)22-14-3-5-15(6-4-14)23-9-11-24(12-10-23)20(26)17-2-1-13-27-17/h1-8,13H,9-12H2,(H,22,25). The first-order chi connectivity index (χ1) is 13.6. The highest BCUT2D eigenvalue weighted by Crippen LogP contribution is 2.21. The molecule has 1 aliphatic rings. The van der Waals surface area contributed by atoms with E-state index in [-0.39, 0.29) is 17.6 Å². The smallest absolute Gasteiger partial charge is 0.291 e. The van der Waals surface area contributed by atoms with Crippen molar-refractivity contribution in [3.63, 3.8) is 0 Å². The van der Waals surface area contributed by atoms with E-state index in [1.165, 1.54) is 6.26 Å². The van der Waals surface area contributed by atoms with E-state index in [1.807, 2.05) is 24.3 Å². The van der Waals surface area contributed by atoms with Gasteiger partial charge in [0.05, 0.1) is 6.26 Å². The third kappa shape index (κ3) is 3.96. The molecule has 7 nitrogen and oxygen atoms in total. The fourth-order valence-electron chi connectivity index (χ4n) is 3.11. The quantitative estimate of drug-likeness (QED) is 0.662. The van der Waals surface area contributed by atoms with Gasteiger partial charge in [0, 0.05) is 37.6 Å². The summed E-state index contributed by atoms with van der Waals surface area (Å²) < 4.78 is 11.0. The van der Waals surface area contributed by atoms with Gasteiger partial charge in [-0.25, -0.2) is 0 Å². The zero-order valence-corrected chi connectivity index (χ0v) is 16.5. The Bertz CT molecular complexity index is 958. The lowest BCUT2D eigenvalue weighted by Gasteiger charge is -2.35. The van der Waals surface area contributed by atoms with Crippen LogP contribution in [-0.4, -0.2) is 42.9 Å². The summed E-state index contributed by atoms with van der Waals surface area (Å²) in [4.78, 5) is 28.5. The SMILES string of the molecule is O=C(Nc1ccc(N2CCN(C(=O)c3ccco3)CC2)cc1)c1ccc(Br)o1. The summed E-state index contributed by atoms with van der Waals surface area (Å²) in [7, 11) is 0. The molecule has 1 aromatic carbocycles. The van der Waals surface area contributed by atoms with Gasteiger partial charge in [-0.1, -0.05) is 0 Å². The molecule has 1 aliphatic heterocycles. The van der Waals surface area contributed by atoms with Gasteiger partial charge in [-0.05, 0) is 64.5 Å². The number of rotatable bonds is 4. The van der Waals surface area contributed by atoms with Crippen LogP contribution in [0.5, 0.6) is 0 Å². The number of hydrogen-bond acceptors (Lipinski definition) is 5. The molecule has 8 heteroatoms. The van der Waals surface area contributed by atoms with E-state index in [0.717, 1.165) is 18.8 Å². The lowest BCUT2D eigenvalue weighted by Crippen LogP contribution is -2.48. The largest absolute Gasteiger partial charge is 0.459 e. The molecule has 3 heterocycles. The molecule has 2 aromatic heterocycles. The second-order valence-corrected chi connectivity index (χ2v) is 7.14. The highest BCUT2D eigenvalue weighted by molar-refractivity contribution is 9.10. The van der Waals surface area contributed by atoms with Crippen molar-refractivity contribution in [2.75, 3.05) is 36.4 Å². The first-order valence-corrected chi connectivity index (χ1v) is 9.64. The summed E-state index contributed by atoms with van der Waals surface area (Å²) in [5, 5.41) is 2.80. The molecule has 0 aliphatic carbocycles. The van der Waals surface area contributed by atoms with E-state index in [2.05, 4.69) is 26.1 Å². The fourth-order valence-corrected chi connectivity index (χ4v) is 3.41. The van der Waals surface area contributed by atoms with Gasteiger partial charge < -0.3 is 24.0 Å². The van der Waals surface area contributed by atoms with Crippen LogP contribution in [0, 0.1) is 0 Å². The van der Waals surface area contributed by atoms with Gasteiger partial charge in [0.15, 0.2) is 16.2 Å². The van der Waals surface area contributed by atoms with Crippen molar-refractivity contribution in [1.82, 2.24) is 4.90 Å². The number of piperazine rings is 1. The molecule has 0 spiro atoms. The summed E-state index contributed by atoms with van der Waals surface area (Å²) in [5.74, 6) is 0.237. The zero-order chi connectivity index (χ0) is 19.5. The Morgan fingerprint density at radius 1 is 0.929 bits per heavy atom. The van der Waals surface area contributed by atoms with Crippen molar-refractivity contribution < 1.29 is 18.4 Å². The molecule has 0 bridgehead atoms. The maximum Gasteiger partial charge on any atom is 0.291 e. The molecule has 1 fully saturated rings. The maximum absolute atomic E-state index is 12.3. The molecule has 0 saturated carbocycles. The van der Waals surface area contributed by atoms with Crippen molar-refractivity contribution in [2.24, 2.45) is 0 Å². The first kappa shape index (κ1) is 18.4. The average molecular weight is 444 g/mol. The van der Waals surface area contributed by atoms with Crippen LogP contribution in [0.1, 0.15) is 21.1 Å². The molecule has 1 N–H and O–H groups in total. The summed E-state index contributed by atoms with van der Waals surface area (Å²) in [5.41, 5.74) is 1.73. The minimum atomic E-state index is -0.302. The van der Waals surface area contributed by atoms with Crippen LogP contribution in [0.25, 0.3) is 0 Å². The molecule has 3 aromatic rings. The van der Waals surface area contributed by atoms with Gasteiger partial charge in [0.1, 0.15) is 0 Å². The van der Waals surface area contributed by atoms with E-state index >= 15 is 0 Å². The normalized spacial score (nSPS) is 14.2. The first-order valence-electron chi connectivity index (χ1n) is 8.84. The van der Waals surface area contributed by atoms with Gasteiger partial charge in [-0.2, -0.15) is 0 Å². The van der Waals surface area contributed by atoms with Crippen molar-refractivity contribution in [2.45, 2.75) is 0 Å². The minimum Gasteiger partial charge on any atom is -0.459 e. The van der Waals surface area contributed by atoms with E-state index in [9.17, 15) is 9.59 Å². The molecule has 0 radical (unpaired) electrons. The van der Waals surface area contributed by atoms with Crippen molar-refractivity contribution in [1.29, 1.82) is 0 Å². The Morgan fingerprint density at radius 2 is 1.68 bits per heavy atom. The Labute approximate surface area is 170 Å². The van der Waals surface area contributed by atoms with Gasteiger partial charge in [-0.15, -0.1) is 0 Å². The Kier molecular flexibility index (Phi) is 5.21. The van der Waals surface area contributed by atoms with E-state index < -0.39 is 0 Å². The van der Waals surface area contributed by atoms with Crippen molar-refractivity contribution >= 4 is 39.1 Å². The molecular formula is C20H18BrN3O4. The lowest BCUT2D eigenvalue weighted by atomic mass is 10.2. The lowest BCUT2D eigenvalue weighted by molar-refractivity contribution is 0.0714. The molecule has 4 rings (SSSR count). The number of nitrogens with one attached hydrogen (secondary N) is 1. The van der Waals surface area contributed by atoms with Crippen LogP contribution in [0.4, 0.5) is 11.4 Å². The van der Waals surface area contributed by atoms with E-state index in [1.54, 1.807) is 29.2 Å². The molecule has 0 unspecified atom stereocenters. The fraction of sp³-hybridized carbons (Fsp3) is 0.200. The topological polar surface area (TPSA) is 78.9 Å². The van der Waals surface area contributed by atoms with Crippen molar-refractivity contribution in [3.05, 3.63) is 71.0 Å².